The zero-order valence-electron chi connectivity index (χ0n) is 12.7. The number of nitrogens with zero attached hydrogens (tertiary/aromatic N) is 1. The number of amides is 1. The van der Waals surface area contributed by atoms with Gasteiger partial charge in [0.15, 0.2) is 9.84 Å². The third-order valence-corrected chi connectivity index (χ3v) is 5.75. The lowest BCUT2D eigenvalue weighted by Gasteiger charge is -2.35. The lowest BCUT2D eigenvalue weighted by atomic mass is 10.0. The van der Waals surface area contributed by atoms with Gasteiger partial charge in [-0.05, 0) is 43.5 Å². The molecule has 0 aliphatic carbocycles. The highest BCUT2D eigenvalue weighted by atomic mass is 35.5. The van der Waals surface area contributed by atoms with Gasteiger partial charge in [0, 0.05) is 24.7 Å². The van der Waals surface area contributed by atoms with E-state index >= 15 is 0 Å². The van der Waals surface area contributed by atoms with Gasteiger partial charge in [0.2, 0.25) is 0 Å². The molecular formula is C15H23ClN2O3S. The van der Waals surface area contributed by atoms with Crippen molar-refractivity contribution in [1.29, 1.82) is 0 Å². The van der Waals surface area contributed by atoms with Crippen molar-refractivity contribution in [3.05, 3.63) is 29.8 Å². The second-order valence-electron chi connectivity index (χ2n) is 5.31. The fourth-order valence-corrected chi connectivity index (χ4v) is 3.53. The Kier molecular flexibility index (Phi) is 6.84. The molecule has 124 valence electrons. The molecule has 1 aliphatic rings. The van der Waals surface area contributed by atoms with E-state index in [1.54, 1.807) is 19.1 Å². The molecule has 5 nitrogen and oxygen atoms in total. The molecule has 7 heteroatoms. The molecule has 2 rings (SSSR count). The van der Waals surface area contributed by atoms with Gasteiger partial charge in [-0.3, -0.25) is 4.79 Å². The third-order valence-electron chi connectivity index (χ3n) is 4.00. The quantitative estimate of drug-likeness (QED) is 0.902. The second-order valence-corrected chi connectivity index (χ2v) is 7.59. The first-order valence-corrected chi connectivity index (χ1v) is 8.98. The minimum atomic E-state index is -3.23. The number of hydrogen-bond donors (Lipinski definition) is 1. The SMILES string of the molecule is CCS(=O)(=O)c1ccc(C(=O)N2CCCCC2CN)cc1.Cl. The molecule has 0 radical (unpaired) electrons. The molecule has 1 saturated heterocycles. The van der Waals surface area contributed by atoms with E-state index in [0.717, 1.165) is 25.8 Å². The van der Waals surface area contributed by atoms with E-state index in [4.69, 9.17) is 5.73 Å². The number of nitrogens with two attached hydrogens (primary N) is 1. The van der Waals surface area contributed by atoms with Crippen LogP contribution in [0.15, 0.2) is 29.2 Å². The van der Waals surface area contributed by atoms with E-state index in [-0.39, 0.29) is 35.0 Å². The van der Waals surface area contributed by atoms with Gasteiger partial charge >= 0.3 is 0 Å². The van der Waals surface area contributed by atoms with Crippen molar-refractivity contribution in [2.45, 2.75) is 37.1 Å². The summed E-state index contributed by atoms with van der Waals surface area (Å²) in [5.74, 6) is -0.00705. The molecule has 1 fully saturated rings. The maximum Gasteiger partial charge on any atom is 0.254 e. The van der Waals surface area contributed by atoms with Crippen molar-refractivity contribution < 1.29 is 13.2 Å². The number of sulfone groups is 1. The molecule has 22 heavy (non-hydrogen) atoms. The number of rotatable bonds is 4. The largest absolute Gasteiger partial charge is 0.334 e. The molecule has 1 atom stereocenters. The first-order valence-electron chi connectivity index (χ1n) is 7.33. The van der Waals surface area contributed by atoms with Crippen LogP contribution >= 0.6 is 12.4 Å². The Morgan fingerprint density at radius 1 is 1.27 bits per heavy atom. The molecule has 0 spiro atoms. The van der Waals surface area contributed by atoms with Gasteiger partial charge in [0.25, 0.3) is 5.91 Å². The minimum Gasteiger partial charge on any atom is -0.334 e. The van der Waals surface area contributed by atoms with Crippen LogP contribution in [0.3, 0.4) is 0 Å². The second kappa shape index (κ2) is 7.94. The van der Waals surface area contributed by atoms with Crippen LogP contribution < -0.4 is 5.73 Å². The van der Waals surface area contributed by atoms with Crippen molar-refractivity contribution in [3.63, 3.8) is 0 Å². The molecule has 1 aromatic rings. The summed E-state index contributed by atoms with van der Waals surface area (Å²) >= 11 is 0. The molecule has 0 bridgehead atoms. The van der Waals surface area contributed by atoms with Crippen LogP contribution in [-0.2, 0) is 9.84 Å². The Balaban J connectivity index is 0.00000242. The lowest BCUT2D eigenvalue weighted by molar-refractivity contribution is 0.0623. The topological polar surface area (TPSA) is 80.5 Å². The van der Waals surface area contributed by atoms with Crippen LogP contribution in [0.5, 0.6) is 0 Å². The molecule has 0 aromatic heterocycles. The van der Waals surface area contributed by atoms with Crippen LogP contribution in [0.25, 0.3) is 0 Å². The zero-order chi connectivity index (χ0) is 15.5. The van der Waals surface area contributed by atoms with Crippen molar-refractivity contribution >= 4 is 28.2 Å². The molecule has 1 amide bonds. The molecule has 1 heterocycles. The van der Waals surface area contributed by atoms with Crippen LogP contribution in [0, 0.1) is 0 Å². The van der Waals surface area contributed by atoms with E-state index in [2.05, 4.69) is 0 Å². The lowest BCUT2D eigenvalue weighted by Crippen LogP contribution is -2.47. The van der Waals surface area contributed by atoms with Gasteiger partial charge in [-0.15, -0.1) is 12.4 Å². The van der Waals surface area contributed by atoms with Crippen LogP contribution in [-0.4, -0.2) is 44.1 Å². The van der Waals surface area contributed by atoms with Crippen molar-refractivity contribution in [1.82, 2.24) is 4.90 Å². The van der Waals surface area contributed by atoms with Crippen molar-refractivity contribution in [2.75, 3.05) is 18.8 Å². The standard InChI is InChI=1S/C15H22N2O3S.ClH/c1-2-21(19,20)14-8-6-12(7-9-14)15(18)17-10-4-3-5-13(17)11-16;/h6-9,13H,2-5,10-11,16H2,1H3;1H. The van der Waals surface area contributed by atoms with Crippen LogP contribution in [0.2, 0.25) is 0 Å². The van der Waals surface area contributed by atoms with Gasteiger partial charge < -0.3 is 10.6 Å². The summed E-state index contributed by atoms with van der Waals surface area (Å²) in [7, 11) is -3.23. The first-order chi connectivity index (χ1) is 9.99. The van der Waals surface area contributed by atoms with E-state index in [1.165, 1.54) is 12.1 Å². The van der Waals surface area contributed by atoms with Gasteiger partial charge in [-0.2, -0.15) is 0 Å². The smallest absolute Gasteiger partial charge is 0.254 e. The molecule has 1 aromatic carbocycles. The summed E-state index contributed by atoms with van der Waals surface area (Å²) < 4.78 is 23.5. The number of piperidine rings is 1. The number of carbonyl (C=O) groups is 1. The molecule has 1 unspecified atom stereocenters. The van der Waals surface area contributed by atoms with Gasteiger partial charge in [-0.1, -0.05) is 6.92 Å². The predicted octanol–water partition coefficient (Wildman–Crippen LogP) is 1.86. The summed E-state index contributed by atoms with van der Waals surface area (Å²) in [5, 5.41) is 0. The highest BCUT2D eigenvalue weighted by Crippen LogP contribution is 2.20. The summed E-state index contributed by atoms with van der Waals surface area (Å²) in [6, 6.07) is 6.28. The van der Waals surface area contributed by atoms with Gasteiger partial charge in [-0.25, -0.2) is 8.42 Å². The van der Waals surface area contributed by atoms with Gasteiger partial charge in [0.05, 0.1) is 10.6 Å². The monoisotopic (exact) mass is 346 g/mol. The highest BCUT2D eigenvalue weighted by Gasteiger charge is 2.26. The number of benzene rings is 1. The average Bonchev–Trinajstić information content (AvgIpc) is 2.54. The minimum absolute atomic E-state index is 0. The van der Waals surface area contributed by atoms with E-state index in [1.807, 2.05) is 4.90 Å². The van der Waals surface area contributed by atoms with Crippen molar-refractivity contribution in [2.24, 2.45) is 5.73 Å². The normalized spacial score (nSPS) is 18.6. The Morgan fingerprint density at radius 3 is 2.45 bits per heavy atom. The number of hydrogen-bond acceptors (Lipinski definition) is 4. The molecular weight excluding hydrogens is 324 g/mol. The molecule has 0 saturated carbocycles. The Morgan fingerprint density at radius 2 is 1.91 bits per heavy atom. The Labute approximate surface area is 138 Å². The summed E-state index contributed by atoms with van der Waals surface area (Å²) in [6.07, 6.45) is 3.02. The summed E-state index contributed by atoms with van der Waals surface area (Å²) in [6.45, 7) is 2.79. The van der Waals surface area contributed by atoms with E-state index in [0.29, 0.717) is 12.1 Å². The van der Waals surface area contributed by atoms with Gasteiger partial charge in [0.1, 0.15) is 0 Å². The summed E-state index contributed by atoms with van der Waals surface area (Å²) in [4.78, 5) is 14.6. The number of halogens is 1. The zero-order valence-corrected chi connectivity index (χ0v) is 14.3. The molecule has 1 aliphatic heterocycles. The number of likely N-dealkylation sites (tertiary alicyclic amines) is 1. The fourth-order valence-electron chi connectivity index (χ4n) is 2.65. The predicted molar refractivity (Wildman–Crippen MR) is 89.1 cm³/mol. The third kappa shape index (κ3) is 4.00. The van der Waals surface area contributed by atoms with E-state index in [9.17, 15) is 13.2 Å². The number of carbonyl (C=O) groups excluding carboxylic acids is 1. The maximum absolute atomic E-state index is 12.5. The maximum atomic E-state index is 12.5. The molecule has 2 N–H and O–H groups in total. The highest BCUT2D eigenvalue weighted by molar-refractivity contribution is 7.91. The Bertz CT molecular complexity index is 602. The summed E-state index contributed by atoms with van der Waals surface area (Å²) in [5.41, 5.74) is 6.25. The van der Waals surface area contributed by atoms with Crippen LogP contribution in [0.1, 0.15) is 36.5 Å². The Hall–Kier alpha value is -1.11. The fraction of sp³-hybridized carbons (Fsp3) is 0.533. The first kappa shape index (κ1) is 18.9. The average molecular weight is 347 g/mol. The van der Waals surface area contributed by atoms with Crippen molar-refractivity contribution in [3.8, 4) is 0 Å². The van der Waals surface area contributed by atoms with Crippen LogP contribution in [0.4, 0.5) is 0 Å². The van der Waals surface area contributed by atoms with E-state index < -0.39 is 9.84 Å².